The van der Waals surface area contributed by atoms with Crippen molar-refractivity contribution < 1.29 is 9.53 Å². The van der Waals surface area contributed by atoms with Crippen LogP contribution in [0.25, 0.3) is 0 Å². The number of ether oxygens (including phenoxy) is 1. The van der Waals surface area contributed by atoms with Crippen molar-refractivity contribution in [2.24, 2.45) is 0 Å². The number of ketones is 1. The number of rotatable bonds is 0. The quantitative estimate of drug-likeness (QED) is 0.719. The smallest absolute Gasteiger partial charge is 0.170 e. The monoisotopic (exact) mass is 294 g/mol. The van der Waals surface area contributed by atoms with Crippen molar-refractivity contribution in [1.82, 2.24) is 0 Å². The maximum atomic E-state index is 12.2. The third-order valence-electron chi connectivity index (χ3n) is 3.82. The minimum Gasteiger partial charge on any atom is -0.486 e. The van der Waals surface area contributed by atoms with Crippen LogP contribution in [-0.4, -0.2) is 11.4 Å². The molecule has 1 aliphatic carbocycles. The Hall–Kier alpha value is -0.830. The van der Waals surface area contributed by atoms with Crippen LogP contribution < -0.4 is 4.74 Å². The molecule has 0 unspecified atom stereocenters. The molecule has 2 aliphatic rings. The number of benzene rings is 1. The number of fused-ring (bicyclic) bond motifs is 1. The van der Waals surface area contributed by atoms with Crippen LogP contribution in [0, 0.1) is 0 Å². The zero-order chi connectivity index (χ0) is 11.9. The third kappa shape index (κ3) is 2.01. The summed E-state index contributed by atoms with van der Waals surface area (Å²) in [6, 6.07) is 5.68. The lowest BCUT2D eigenvalue weighted by Crippen LogP contribution is -2.43. The predicted molar refractivity (Wildman–Crippen MR) is 69.5 cm³/mol. The molecule has 0 amide bonds. The summed E-state index contributed by atoms with van der Waals surface area (Å²) in [5, 5.41) is 0. The first-order chi connectivity index (χ1) is 8.19. The van der Waals surface area contributed by atoms with Crippen LogP contribution in [0.5, 0.6) is 5.75 Å². The highest BCUT2D eigenvalue weighted by Crippen LogP contribution is 2.42. The van der Waals surface area contributed by atoms with Gasteiger partial charge in [0.25, 0.3) is 0 Å². The van der Waals surface area contributed by atoms with Gasteiger partial charge in [-0.2, -0.15) is 0 Å². The van der Waals surface area contributed by atoms with Crippen molar-refractivity contribution in [2.45, 2.75) is 44.1 Å². The maximum Gasteiger partial charge on any atom is 0.170 e. The van der Waals surface area contributed by atoms with Gasteiger partial charge in [-0.25, -0.2) is 0 Å². The van der Waals surface area contributed by atoms with Gasteiger partial charge in [0.05, 0.1) is 12.0 Å². The summed E-state index contributed by atoms with van der Waals surface area (Å²) in [4.78, 5) is 12.2. The molecule has 1 fully saturated rings. The summed E-state index contributed by atoms with van der Waals surface area (Å²) in [6.45, 7) is 0. The van der Waals surface area contributed by atoms with Crippen LogP contribution in [0.4, 0.5) is 0 Å². The van der Waals surface area contributed by atoms with E-state index < -0.39 is 0 Å². The Morgan fingerprint density at radius 3 is 2.71 bits per heavy atom. The lowest BCUT2D eigenvalue weighted by atomic mass is 9.78. The molecule has 0 bridgehead atoms. The fraction of sp³-hybridized carbons (Fsp3) is 0.500. The molecule has 3 rings (SSSR count). The van der Waals surface area contributed by atoms with E-state index in [1.807, 2.05) is 18.2 Å². The summed E-state index contributed by atoms with van der Waals surface area (Å²) in [5.41, 5.74) is 0.535. The zero-order valence-electron chi connectivity index (χ0n) is 9.67. The maximum absolute atomic E-state index is 12.2. The van der Waals surface area contributed by atoms with Crippen molar-refractivity contribution in [2.75, 3.05) is 0 Å². The van der Waals surface area contributed by atoms with Gasteiger partial charge in [0, 0.05) is 4.47 Å². The van der Waals surface area contributed by atoms with E-state index in [1.165, 1.54) is 19.3 Å². The Morgan fingerprint density at radius 2 is 1.94 bits per heavy atom. The van der Waals surface area contributed by atoms with Crippen molar-refractivity contribution in [3.8, 4) is 5.75 Å². The molecule has 0 atom stereocenters. The normalized spacial score (nSPS) is 22.1. The van der Waals surface area contributed by atoms with Gasteiger partial charge in [-0.1, -0.05) is 22.4 Å². The SMILES string of the molecule is O=C1CC2(CCCCC2)Oc2cc(Br)ccc21. The molecule has 3 heteroatoms. The molecular formula is C14H15BrO2. The van der Waals surface area contributed by atoms with E-state index in [0.29, 0.717) is 6.42 Å². The highest BCUT2D eigenvalue weighted by molar-refractivity contribution is 9.10. The van der Waals surface area contributed by atoms with E-state index in [2.05, 4.69) is 15.9 Å². The summed E-state index contributed by atoms with van der Waals surface area (Å²) in [6.07, 6.45) is 6.22. The van der Waals surface area contributed by atoms with E-state index in [1.54, 1.807) is 0 Å². The second-order valence-corrected chi connectivity index (χ2v) is 6.00. The van der Waals surface area contributed by atoms with Gasteiger partial charge >= 0.3 is 0 Å². The molecule has 1 aliphatic heterocycles. The van der Waals surface area contributed by atoms with Crippen molar-refractivity contribution >= 4 is 21.7 Å². The van der Waals surface area contributed by atoms with Gasteiger partial charge in [-0.15, -0.1) is 0 Å². The second kappa shape index (κ2) is 4.13. The molecule has 0 saturated heterocycles. The second-order valence-electron chi connectivity index (χ2n) is 5.09. The molecule has 1 aromatic rings. The fourth-order valence-corrected chi connectivity index (χ4v) is 3.28. The summed E-state index contributed by atoms with van der Waals surface area (Å²) < 4.78 is 7.13. The van der Waals surface area contributed by atoms with E-state index in [4.69, 9.17) is 4.74 Å². The highest BCUT2D eigenvalue weighted by atomic mass is 79.9. The van der Waals surface area contributed by atoms with E-state index in [-0.39, 0.29) is 11.4 Å². The Morgan fingerprint density at radius 1 is 1.18 bits per heavy atom. The number of hydrogen-bond acceptors (Lipinski definition) is 2. The largest absolute Gasteiger partial charge is 0.486 e. The van der Waals surface area contributed by atoms with E-state index in [0.717, 1.165) is 28.6 Å². The lowest BCUT2D eigenvalue weighted by molar-refractivity contribution is 0.0136. The van der Waals surface area contributed by atoms with Crippen LogP contribution in [0.15, 0.2) is 22.7 Å². The number of carbonyl (C=O) groups excluding carboxylic acids is 1. The van der Waals surface area contributed by atoms with Gasteiger partial charge in [-0.05, 0) is 43.9 Å². The third-order valence-corrected chi connectivity index (χ3v) is 4.31. The molecule has 1 heterocycles. The van der Waals surface area contributed by atoms with Crippen LogP contribution in [0.1, 0.15) is 48.9 Å². The average molecular weight is 295 g/mol. The molecule has 1 spiro atoms. The Labute approximate surface area is 109 Å². The molecule has 0 aromatic heterocycles. The molecule has 1 saturated carbocycles. The predicted octanol–water partition coefficient (Wildman–Crippen LogP) is 4.12. The Kier molecular flexibility index (Phi) is 2.74. The average Bonchev–Trinajstić information content (AvgIpc) is 2.29. The molecular weight excluding hydrogens is 280 g/mol. The first-order valence-corrected chi connectivity index (χ1v) is 7.00. The number of carbonyl (C=O) groups is 1. The number of hydrogen-bond donors (Lipinski definition) is 0. The van der Waals surface area contributed by atoms with Crippen molar-refractivity contribution in [3.63, 3.8) is 0 Å². The topological polar surface area (TPSA) is 26.3 Å². The van der Waals surface area contributed by atoms with Crippen molar-refractivity contribution in [1.29, 1.82) is 0 Å². The lowest BCUT2D eigenvalue weighted by Gasteiger charge is -2.40. The summed E-state index contributed by atoms with van der Waals surface area (Å²) in [7, 11) is 0. The Bertz CT molecular complexity index is 461. The fourth-order valence-electron chi connectivity index (χ4n) is 2.94. The molecule has 17 heavy (non-hydrogen) atoms. The molecule has 90 valence electrons. The van der Waals surface area contributed by atoms with Gasteiger partial charge in [-0.3, -0.25) is 4.79 Å². The van der Waals surface area contributed by atoms with Crippen molar-refractivity contribution in [3.05, 3.63) is 28.2 Å². The van der Waals surface area contributed by atoms with Crippen LogP contribution in [0.3, 0.4) is 0 Å². The van der Waals surface area contributed by atoms with Crippen LogP contribution in [0.2, 0.25) is 0 Å². The van der Waals surface area contributed by atoms with Crippen LogP contribution in [-0.2, 0) is 0 Å². The summed E-state index contributed by atoms with van der Waals surface area (Å²) >= 11 is 3.43. The first kappa shape index (κ1) is 11.3. The minimum absolute atomic E-state index is 0.205. The zero-order valence-corrected chi connectivity index (χ0v) is 11.3. The minimum atomic E-state index is -0.205. The standard InChI is InChI=1S/C14H15BrO2/c15-10-4-5-11-12(16)9-14(17-13(11)8-10)6-2-1-3-7-14/h4-5,8H,1-3,6-7,9H2. The van der Waals surface area contributed by atoms with Crippen LogP contribution >= 0.6 is 15.9 Å². The number of Topliss-reactive ketones (excluding diaryl/α,β-unsaturated/α-hetero) is 1. The first-order valence-electron chi connectivity index (χ1n) is 6.20. The van der Waals surface area contributed by atoms with Gasteiger partial charge in [0.15, 0.2) is 5.78 Å². The molecule has 1 aromatic carbocycles. The van der Waals surface area contributed by atoms with Gasteiger partial charge < -0.3 is 4.74 Å². The molecule has 2 nitrogen and oxygen atoms in total. The van der Waals surface area contributed by atoms with E-state index in [9.17, 15) is 4.79 Å². The van der Waals surface area contributed by atoms with E-state index >= 15 is 0 Å². The summed E-state index contributed by atoms with van der Waals surface area (Å²) in [5.74, 6) is 0.998. The van der Waals surface area contributed by atoms with Gasteiger partial charge in [0.2, 0.25) is 0 Å². The number of halogens is 1. The molecule has 0 N–H and O–H groups in total. The highest BCUT2D eigenvalue weighted by Gasteiger charge is 2.41. The molecule has 0 radical (unpaired) electrons. The Balaban J connectivity index is 1.98. The van der Waals surface area contributed by atoms with Gasteiger partial charge in [0.1, 0.15) is 11.4 Å².